The molecule has 3 rings (SSSR count). The zero-order valence-electron chi connectivity index (χ0n) is 15.2. The van der Waals surface area contributed by atoms with E-state index in [4.69, 9.17) is 4.74 Å². The second-order valence-corrected chi connectivity index (χ2v) is 6.15. The van der Waals surface area contributed by atoms with E-state index in [0.29, 0.717) is 29.0 Å². The van der Waals surface area contributed by atoms with Crippen molar-refractivity contribution in [3.63, 3.8) is 0 Å². The number of hydrogen-bond donors (Lipinski definition) is 1. The van der Waals surface area contributed by atoms with Gasteiger partial charge >= 0.3 is 6.55 Å². The lowest BCUT2D eigenvalue weighted by Crippen LogP contribution is -2.29. The van der Waals surface area contributed by atoms with Crippen LogP contribution in [0.2, 0.25) is 0 Å². The van der Waals surface area contributed by atoms with Gasteiger partial charge in [-0.3, -0.25) is 9.36 Å². The summed E-state index contributed by atoms with van der Waals surface area (Å²) in [6.07, 6.45) is 0. The Morgan fingerprint density at radius 3 is 2.63 bits per heavy atom. The maximum absolute atomic E-state index is 13.6. The SMILES string of the molecule is CCOc1ccccc1C(=O)NCC(C)c1nc2ccccc2n1C(F)F. The van der Waals surface area contributed by atoms with Gasteiger partial charge in [0.15, 0.2) is 0 Å². The zero-order chi connectivity index (χ0) is 19.4. The molecule has 0 saturated heterocycles. The molecule has 0 saturated carbocycles. The Bertz CT molecular complexity index is 940. The third-order valence-electron chi connectivity index (χ3n) is 4.26. The number of benzene rings is 2. The topological polar surface area (TPSA) is 56.1 Å². The molecule has 1 unspecified atom stereocenters. The molecule has 0 aliphatic heterocycles. The maximum atomic E-state index is 13.6. The molecule has 142 valence electrons. The van der Waals surface area contributed by atoms with E-state index in [1.54, 1.807) is 55.5 Å². The zero-order valence-corrected chi connectivity index (χ0v) is 15.2. The Balaban J connectivity index is 1.79. The van der Waals surface area contributed by atoms with Crippen LogP contribution in [0, 0.1) is 0 Å². The first-order chi connectivity index (χ1) is 13.0. The Morgan fingerprint density at radius 2 is 1.89 bits per heavy atom. The van der Waals surface area contributed by atoms with Crippen molar-refractivity contribution in [1.29, 1.82) is 0 Å². The highest BCUT2D eigenvalue weighted by Gasteiger charge is 2.22. The lowest BCUT2D eigenvalue weighted by atomic mass is 10.1. The number of aromatic nitrogens is 2. The quantitative estimate of drug-likeness (QED) is 0.669. The van der Waals surface area contributed by atoms with Crippen LogP contribution in [0.25, 0.3) is 11.0 Å². The van der Waals surface area contributed by atoms with E-state index in [0.717, 1.165) is 4.57 Å². The molecule has 0 aliphatic rings. The molecular formula is C20H21F2N3O2. The number of para-hydroxylation sites is 3. The highest BCUT2D eigenvalue weighted by molar-refractivity contribution is 5.96. The molecule has 1 heterocycles. The fourth-order valence-electron chi connectivity index (χ4n) is 2.98. The Hall–Kier alpha value is -2.96. The van der Waals surface area contributed by atoms with Gasteiger partial charge in [0, 0.05) is 12.5 Å². The van der Waals surface area contributed by atoms with E-state index in [1.807, 2.05) is 6.92 Å². The van der Waals surface area contributed by atoms with Crippen molar-refractivity contribution < 1.29 is 18.3 Å². The van der Waals surface area contributed by atoms with E-state index < -0.39 is 12.5 Å². The first kappa shape index (κ1) is 18.8. The molecule has 0 spiro atoms. The molecular weight excluding hydrogens is 352 g/mol. The summed E-state index contributed by atoms with van der Waals surface area (Å²) in [5.74, 6) is 0.0229. The average molecular weight is 373 g/mol. The lowest BCUT2D eigenvalue weighted by Gasteiger charge is -2.16. The van der Waals surface area contributed by atoms with E-state index in [9.17, 15) is 13.6 Å². The standard InChI is InChI=1S/C20H21F2N3O2/c1-3-27-17-11-7-4-8-14(17)19(26)23-12-13(2)18-24-15-9-5-6-10-16(15)25(18)20(21)22/h4-11,13,20H,3,12H2,1-2H3,(H,23,26). The summed E-state index contributed by atoms with van der Waals surface area (Å²) >= 11 is 0. The van der Waals surface area contributed by atoms with Crippen molar-refractivity contribution >= 4 is 16.9 Å². The van der Waals surface area contributed by atoms with E-state index in [2.05, 4.69) is 10.3 Å². The van der Waals surface area contributed by atoms with Crippen LogP contribution in [0.5, 0.6) is 5.75 Å². The van der Waals surface area contributed by atoms with Crippen molar-refractivity contribution in [3.8, 4) is 5.75 Å². The smallest absolute Gasteiger partial charge is 0.320 e. The predicted octanol–water partition coefficient (Wildman–Crippen LogP) is 4.36. The Kier molecular flexibility index (Phi) is 5.69. The molecule has 7 heteroatoms. The highest BCUT2D eigenvalue weighted by Crippen LogP contribution is 2.27. The van der Waals surface area contributed by atoms with Crippen LogP contribution in [0.1, 0.15) is 42.5 Å². The van der Waals surface area contributed by atoms with Gasteiger partial charge in [-0.05, 0) is 31.2 Å². The van der Waals surface area contributed by atoms with Crippen molar-refractivity contribution in [1.82, 2.24) is 14.9 Å². The normalized spacial score (nSPS) is 12.3. The van der Waals surface area contributed by atoms with Crippen molar-refractivity contribution in [3.05, 3.63) is 59.9 Å². The average Bonchev–Trinajstić information content (AvgIpc) is 3.06. The van der Waals surface area contributed by atoms with Crippen LogP contribution < -0.4 is 10.1 Å². The van der Waals surface area contributed by atoms with Crippen LogP contribution in [-0.2, 0) is 0 Å². The largest absolute Gasteiger partial charge is 0.493 e. The molecule has 27 heavy (non-hydrogen) atoms. The maximum Gasteiger partial charge on any atom is 0.320 e. The van der Waals surface area contributed by atoms with Gasteiger partial charge in [0.05, 0.1) is 23.2 Å². The van der Waals surface area contributed by atoms with Gasteiger partial charge in [0.2, 0.25) is 0 Å². The van der Waals surface area contributed by atoms with Gasteiger partial charge in [-0.25, -0.2) is 4.98 Å². The minimum atomic E-state index is -2.70. The third kappa shape index (κ3) is 3.92. The van der Waals surface area contributed by atoms with Crippen LogP contribution in [0.4, 0.5) is 8.78 Å². The summed E-state index contributed by atoms with van der Waals surface area (Å²) < 4.78 is 33.5. The van der Waals surface area contributed by atoms with Crippen LogP contribution in [0.3, 0.4) is 0 Å². The molecule has 2 aromatic carbocycles. The molecule has 0 radical (unpaired) electrons. The number of hydrogen-bond acceptors (Lipinski definition) is 3. The Labute approximate surface area is 156 Å². The summed E-state index contributed by atoms with van der Waals surface area (Å²) in [6, 6.07) is 13.7. The lowest BCUT2D eigenvalue weighted by molar-refractivity contribution is 0.0704. The monoisotopic (exact) mass is 373 g/mol. The number of alkyl halides is 2. The summed E-state index contributed by atoms with van der Waals surface area (Å²) in [4.78, 5) is 16.8. The van der Waals surface area contributed by atoms with Gasteiger partial charge in [0.25, 0.3) is 5.91 Å². The predicted molar refractivity (Wildman–Crippen MR) is 99.3 cm³/mol. The number of ether oxygens (including phenoxy) is 1. The Morgan fingerprint density at radius 1 is 1.19 bits per heavy atom. The first-order valence-corrected chi connectivity index (χ1v) is 8.78. The molecule has 0 bridgehead atoms. The number of carbonyl (C=O) groups excluding carboxylic acids is 1. The van der Waals surface area contributed by atoms with Gasteiger partial charge in [-0.2, -0.15) is 8.78 Å². The molecule has 3 aromatic rings. The van der Waals surface area contributed by atoms with Crippen molar-refractivity contribution in [2.45, 2.75) is 26.3 Å². The number of amides is 1. The molecule has 1 aromatic heterocycles. The number of fused-ring (bicyclic) bond motifs is 1. The van der Waals surface area contributed by atoms with Crippen LogP contribution >= 0.6 is 0 Å². The molecule has 1 atom stereocenters. The van der Waals surface area contributed by atoms with Gasteiger partial charge in [-0.15, -0.1) is 0 Å². The summed E-state index contributed by atoms with van der Waals surface area (Å²) in [6.45, 7) is 1.51. The second-order valence-electron chi connectivity index (χ2n) is 6.15. The number of halogens is 2. The fourth-order valence-corrected chi connectivity index (χ4v) is 2.98. The van der Waals surface area contributed by atoms with E-state index in [1.165, 1.54) is 0 Å². The second kappa shape index (κ2) is 8.16. The van der Waals surface area contributed by atoms with Gasteiger partial charge in [0.1, 0.15) is 11.6 Å². The molecule has 0 fully saturated rings. The number of rotatable bonds is 7. The summed E-state index contributed by atoms with van der Waals surface area (Å²) in [5.41, 5.74) is 1.30. The fraction of sp³-hybridized carbons (Fsp3) is 0.300. The van der Waals surface area contributed by atoms with E-state index >= 15 is 0 Å². The molecule has 0 aliphatic carbocycles. The summed E-state index contributed by atoms with van der Waals surface area (Å²) in [7, 11) is 0. The number of nitrogens with one attached hydrogen (secondary N) is 1. The minimum absolute atomic E-state index is 0.176. The molecule has 1 N–H and O–H groups in total. The summed E-state index contributed by atoms with van der Waals surface area (Å²) in [5, 5.41) is 2.79. The molecule has 5 nitrogen and oxygen atoms in total. The van der Waals surface area contributed by atoms with Crippen LogP contribution in [-0.4, -0.2) is 28.6 Å². The van der Waals surface area contributed by atoms with E-state index in [-0.39, 0.29) is 18.3 Å². The minimum Gasteiger partial charge on any atom is -0.493 e. The molecule has 1 amide bonds. The number of nitrogens with zero attached hydrogens (tertiary/aromatic N) is 2. The van der Waals surface area contributed by atoms with Gasteiger partial charge < -0.3 is 10.1 Å². The first-order valence-electron chi connectivity index (χ1n) is 8.78. The van der Waals surface area contributed by atoms with Crippen molar-refractivity contribution in [2.75, 3.05) is 13.2 Å². The number of carbonyl (C=O) groups is 1. The van der Waals surface area contributed by atoms with Gasteiger partial charge in [-0.1, -0.05) is 31.2 Å². The van der Waals surface area contributed by atoms with Crippen molar-refractivity contribution in [2.24, 2.45) is 0 Å². The highest BCUT2D eigenvalue weighted by atomic mass is 19.3. The number of imidazole rings is 1. The third-order valence-corrected chi connectivity index (χ3v) is 4.26. The van der Waals surface area contributed by atoms with Crippen LogP contribution in [0.15, 0.2) is 48.5 Å².